The number of hydrogen-bond donors (Lipinski definition) is 3. The summed E-state index contributed by atoms with van der Waals surface area (Å²) in [5.74, 6) is 0.815. The SMILES string of the molecule is CCNC(=NCc1ccccc1CN1CC(C)OC(C)C1)NCC1(CCO)CCOC1. The van der Waals surface area contributed by atoms with E-state index in [1.807, 2.05) is 0 Å². The first-order valence-electron chi connectivity index (χ1n) is 11.7. The molecule has 7 heteroatoms. The van der Waals surface area contributed by atoms with E-state index in [-0.39, 0.29) is 24.2 Å². The number of aliphatic hydroxyl groups is 1. The van der Waals surface area contributed by atoms with Gasteiger partial charge < -0.3 is 25.2 Å². The summed E-state index contributed by atoms with van der Waals surface area (Å²) in [5, 5.41) is 16.3. The van der Waals surface area contributed by atoms with Crippen molar-refractivity contribution in [1.29, 1.82) is 0 Å². The van der Waals surface area contributed by atoms with Gasteiger partial charge in [-0.1, -0.05) is 24.3 Å². The Bertz CT molecular complexity index is 696. The molecule has 3 unspecified atom stereocenters. The van der Waals surface area contributed by atoms with Crippen molar-refractivity contribution < 1.29 is 14.6 Å². The van der Waals surface area contributed by atoms with Crippen LogP contribution in [-0.4, -0.2) is 74.2 Å². The van der Waals surface area contributed by atoms with Gasteiger partial charge in [-0.05, 0) is 44.7 Å². The fourth-order valence-electron chi connectivity index (χ4n) is 4.61. The van der Waals surface area contributed by atoms with Crippen molar-refractivity contribution in [1.82, 2.24) is 15.5 Å². The average Bonchev–Trinajstić information content (AvgIpc) is 3.19. The molecule has 2 saturated heterocycles. The van der Waals surface area contributed by atoms with E-state index in [9.17, 15) is 5.11 Å². The van der Waals surface area contributed by atoms with Crippen LogP contribution >= 0.6 is 0 Å². The first kappa shape index (κ1) is 24.0. The Morgan fingerprint density at radius 2 is 1.94 bits per heavy atom. The highest BCUT2D eigenvalue weighted by molar-refractivity contribution is 5.79. The Kier molecular flexibility index (Phi) is 9.14. The Balaban J connectivity index is 1.64. The molecule has 31 heavy (non-hydrogen) atoms. The molecule has 0 saturated carbocycles. The minimum atomic E-state index is -0.00737. The van der Waals surface area contributed by atoms with Crippen LogP contribution in [0.15, 0.2) is 29.3 Å². The number of nitrogens with one attached hydrogen (secondary N) is 2. The highest BCUT2D eigenvalue weighted by Gasteiger charge is 2.34. The predicted molar refractivity (Wildman–Crippen MR) is 124 cm³/mol. The van der Waals surface area contributed by atoms with Crippen molar-refractivity contribution >= 4 is 5.96 Å². The molecule has 2 aliphatic rings. The zero-order valence-electron chi connectivity index (χ0n) is 19.4. The number of ether oxygens (including phenoxy) is 2. The van der Waals surface area contributed by atoms with Crippen molar-refractivity contribution in [3.05, 3.63) is 35.4 Å². The van der Waals surface area contributed by atoms with Gasteiger partial charge in [0.25, 0.3) is 0 Å². The maximum Gasteiger partial charge on any atom is 0.191 e. The smallest absolute Gasteiger partial charge is 0.191 e. The third-order valence-electron chi connectivity index (χ3n) is 6.22. The Labute approximate surface area is 187 Å². The molecule has 0 radical (unpaired) electrons. The molecule has 1 aromatic carbocycles. The standard InChI is InChI=1S/C24H40N4O3/c1-4-25-23(27-17-24(9-11-29)10-12-30-18-24)26-13-21-7-5-6-8-22(21)16-28-14-19(2)31-20(3)15-28/h5-8,19-20,29H,4,9-18H2,1-3H3,(H2,25,26,27). The van der Waals surface area contributed by atoms with Gasteiger partial charge >= 0.3 is 0 Å². The van der Waals surface area contributed by atoms with E-state index in [1.54, 1.807) is 0 Å². The van der Waals surface area contributed by atoms with Crippen molar-refractivity contribution in [3.8, 4) is 0 Å². The molecule has 3 rings (SSSR count). The van der Waals surface area contributed by atoms with E-state index in [4.69, 9.17) is 14.5 Å². The lowest BCUT2D eigenvalue weighted by Crippen LogP contribution is -2.45. The summed E-state index contributed by atoms with van der Waals surface area (Å²) in [6.45, 7) is 13.0. The molecule has 2 aliphatic heterocycles. The van der Waals surface area contributed by atoms with Crippen molar-refractivity contribution in [2.45, 2.75) is 58.9 Å². The molecule has 7 nitrogen and oxygen atoms in total. The lowest BCUT2D eigenvalue weighted by molar-refractivity contribution is -0.0705. The van der Waals surface area contributed by atoms with Gasteiger partial charge in [0.2, 0.25) is 0 Å². The van der Waals surface area contributed by atoms with Crippen LogP contribution in [-0.2, 0) is 22.6 Å². The second-order valence-electron chi connectivity index (χ2n) is 9.05. The summed E-state index contributed by atoms with van der Waals surface area (Å²) < 4.78 is 11.5. The molecular formula is C24H40N4O3. The molecule has 0 amide bonds. The number of aliphatic imine (C=N–C) groups is 1. The van der Waals surface area contributed by atoms with Crippen LogP contribution in [0.1, 0.15) is 44.7 Å². The molecule has 2 heterocycles. The number of morpholine rings is 1. The first-order valence-corrected chi connectivity index (χ1v) is 11.7. The van der Waals surface area contributed by atoms with Gasteiger partial charge in [0.05, 0.1) is 25.4 Å². The number of rotatable bonds is 9. The molecule has 0 bridgehead atoms. The van der Waals surface area contributed by atoms with E-state index >= 15 is 0 Å². The summed E-state index contributed by atoms with van der Waals surface area (Å²) in [6, 6.07) is 8.58. The van der Waals surface area contributed by atoms with E-state index in [0.717, 1.165) is 58.1 Å². The molecular weight excluding hydrogens is 392 g/mol. The van der Waals surface area contributed by atoms with Gasteiger partial charge in [-0.2, -0.15) is 0 Å². The maximum atomic E-state index is 9.47. The van der Waals surface area contributed by atoms with Gasteiger partial charge in [-0.25, -0.2) is 4.99 Å². The second-order valence-corrected chi connectivity index (χ2v) is 9.05. The third kappa shape index (κ3) is 7.17. The van der Waals surface area contributed by atoms with Gasteiger partial charge in [0, 0.05) is 51.4 Å². The van der Waals surface area contributed by atoms with Crippen molar-refractivity contribution in [2.24, 2.45) is 10.4 Å². The maximum absolute atomic E-state index is 9.47. The van der Waals surface area contributed by atoms with Crippen LogP contribution in [0.25, 0.3) is 0 Å². The Hall–Kier alpha value is -1.67. The molecule has 1 aromatic rings. The van der Waals surface area contributed by atoms with E-state index in [2.05, 4.69) is 60.6 Å². The van der Waals surface area contributed by atoms with E-state index < -0.39 is 0 Å². The van der Waals surface area contributed by atoms with Crippen LogP contribution in [0.2, 0.25) is 0 Å². The number of hydrogen-bond acceptors (Lipinski definition) is 5. The normalized spacial score (nSPS) is 27.4. The molecule has 2 fully saturated rings. The van der Waals surface area contributed by atoms with Crippen molar-refractivity contribution in [2.75, 3.05) is 46.0 Å². The van der Waals surface area contributed by atoms with Gasteiger partial charge in [0.1, 0.15) is 0 Å². The van der Waals surface area contributed by atoms with Crippen LogP contribution in [0.3, 0.4) is 0 Å². The van der Waals surface area contributed by atoms with Gasteiger partial charge in [0.15, 0.2) is 5.96 Å². The Morgan fingerprint density at radius 1 is 1.19 bits per heavy atom. The summed E-state index contributed by atoms with van der Waals surface area (Å²) in [4.78, 5) is 7.34. The number of aliphatic hydroxyl groups excluding tert-OH is 1. The first-order chi connectivity index (χ1) is 15.0. The fourth-order valence-corrected chi connectivity index (χ4v) is 4.61. The quantitative estimate of drug-likeness (QED) is 0.410. The summed E-state index contributed by atoms with van der Waals surface area (Å²) in [6.07, 6.45) is 2.26. The minimum absolute atomic E-state index is 0.00737. The second kappa shape index (κ2) is 11.8. The van der Waals surface area contributed by atoms with Crippen LogP contribution < -0.4 is 10.6 Å². The average molecular weight is 433 g/mol. The lowest BCUT2D eigenvalue weighted by atomic mass is 9.84. The van der Waals surface area contributed by atoms with E-state index in [1.165, 1.54) is 11.1 Å². The zero-order chi connectivity index (χ0) is 22.1. The van der Waals surface area contributed by atoms with Crippen LogP contribution in [0.4, 0.5) is 0 Å². The molecule has 174 valence electrons. The lowest BCUT2D eigenvalue weighted by Gasteiger charge is -2.35. The zero-order valence-corrected chi connectivity index (χ0v) is 19.4. The number of guanidine groups is 1. The van der Waals surface area contributed by atoms with Crippen LogP contribution in [0.5, 0.6) is 0 Å². The van der Waals surface area contributed by atoms with Crippen LogP contribution in [0, 0.1) is 5.41 Å². The number of benzene rings is 1. The largest absolute Gasteiger partial charge is 0.396 e. The highest BCUT2D eigenvalue weighted by atomic mass is 16.5. The van der Waals surface area contributed by atoms with Gasteiger partial charge in [-0.3, -0.25) is 4.90 Å². The van der Waals surface area contributed by atoms with Crippen molar-refractivity contribution in [3.63, 3.8) is 0 Å². The number of nitrogens with zero attached hydrogens (tertiary/aromatic N) is 2. The molecule has 3 atom stereocenters. The molecule has 3 N–H and O–H groups in total. The molecule has 0 aliphatic carbocycles. The third-order valence-corrected chi connectivity index (χ3v) is 6.22. The fraction of sp³-hybridized carbons (Fsp3) is 0.708. The predicted octanol–water partition coefficient (Wildman–Crippen LogP) is 2.14. The topological polar surface area (TPSA) is 78.4 Å². The summed E-state index contributed by atoms with van der Waals surface area (Å²) >= 11 is 0. The minimum Gasteiger partial charge on any atom is -0.396 e. The summed E-state index contributed by atoms with van der Waals surface area (Å²) in [7, 11) is 0. The molecule has 0 aromatic heterocycles. The summed E-state index contributed by atoms with van der Waals surface area (Å²) in [5.41, 5.74) is 2.57. The monoisotopic (exact) mass is 432 g/mol. The van der Waals surface area contributed by atoms with Gasteiger partial charge in [-0.15, -0.1) is 0 Å². The highest BCUT2D eigenvalue weighted by Crippen LogP contribution is 2.31. The molecule has 0 spiro atoms. The van der Waals surface area contributed by atoms with E-state index in [0.29, 0.717) is 13.2 Å². The Morgan fingerprint density at radius 3 is 2.58 bits per heavy atom.